The number of rotatable bonds is 7. The fourth-order valence-electron chi connectivity index (χ4n) is 4.43. The summed E-state index contributed by atoms with van der Waals surface area (Å²) in [6, 6.07) is 12.0. The number of carbonyl (C=O) groups is 4. The van der Waals surface area contributed by atoms with Gasteiger partial charge in [-0.25, -0.2) is 4.79 Å². The molecular weight excluding hydrogens is 464 g/mol. The number of esters is 1. The fourth-order valence-corrected chi connectivity index (χ4v) is 4.43. The van der Waals surface area contributed by atoms with E-state index >= 15 is 0 Å². The van der Waals surface area contributed by atoms with E-state index in [2.05, 4.69) is 5.32 Å². The first-order valence-electron chi connectivity index (χ1n) is 11.5. The molecule has 0 fully saturated rings. The van der Waals surface area contributed by atoms with Crippen LogP contribution in [0.4, 0.5) is 4.79 Å². The molecule has 0 radical (unpaired) electrons. The van der Waals surface area contributed by atoms with Crippen LogP contribution in [-0.2, 0) is 27.4 Å². The number of alkyl carbamates (subject to hydrolysis) is 1. The highest BCUT2D eigenvalue weighted by Gasteiger charge is 2.41. The van der Waals surface area contributed by atoms with Gasteiger partial charge in [0, 0.05) is 19.0 Å². The minimum absolute atomic E-state index is 0.192. The number of nitrogens with zero attached hydrogens (tertiary/aromatic N) is 1. The topological polar surface area (TPSA) is 113 Å². The molecule has 1 aliphatic heterocycles. The van der Waals surface area contributed by atoms with Gasteiger partial charge in [-0.15, -0.1) is 0 Å². The van der Waals surface area contributed by atoms with Gasteiger partial charge in [0.05, 0.1) is 28.2 Å². The lowest BCUT2D eigenvalue weighted by Gasteiger charge is -2.24. The van der Waals surface area contributed by atoms with E-state index in [0.29, 0.717) is 40.5 Å². The van der Waals surface area contributed by atoms with E-state index in [-0.39, 0.29) is 18.7 Å². The molecule has 0 saturated heterocycles. The molecule has 0 spiro atoms. The van der Waals surface area contributed by atoms with Gasteiger partial charge in [0.1, 0.15) is 24.2 Å². The van der Waals surface area contributed by atoms with E-state index < -0.39 is 29.8 Å². The van der Waals surface area contributed by atoms with Gasteiger partial charge in [0.2, 0.25) is 0 Å². The number of nitrogens with one attached hydrogen (secondary N) is 1. The zero-order chi connectivity index (χ0) is 26.0. The van der Waals surface area contributed by atoms with Crippen molar-refractivity contribution >= 4 is 35.5 Å². The van der Waals surface area contributed by atoms with Crippen LogP contribution in [0.3, 0.4) is 0 Å². The Morgan fingerprint density at radius 2 is 1.83 bits per heavy atom. The van der Waals surface area contributed by atoms with Crippen LogP contribution in [0.5, 0.6) is 5.75 Å². The number of benzene rings is 2. The number of fused-ring (bicyclic) bond motifs is 3. The van der Waals surface area contributed by atoms with Gasteiger partial charge in [-0.1, -0.05) is 30.3 Å². The molecule has 0 bridgehead atoms. The summed E-state index contributed by atoms with van der Waals surface area (Å²) in [6.07, 6.45) is -0.238. The molecule has 0 aliphatic carbocycles. The fraction of sp³-hybridized carbons (Fsp3) is 0.333. The van der Waals surface area contributed by atoms with Crippen LogP contribution in [0.2, 0.25) is 0 Å². The molecule has 0 unspecified atom stereocenters. The van der Waals surface area contributed by atoms with Gasteiger partial charge in [-0.3, -0.25) is 14.4 Å². The second-order valence-electron chi connectivity index (χ2n) is 9.62. The van der Waals surface area contributed by atoms with Crippen LogP contribution in [0.15, 0.2) is 42.5 Å². The normalized spacial score (nSPS) is 16.8. The molecule has 4 rings (SSSR count). The van der Waals surface area contributed by atoms with Crippen LogP contribution < -0.4 is 10.1 Å². The van der Waals surface area contributed by atoms with Crippen molar-refractivity contribution in [2.75, 3.05) is 0 Å². The first kappa shape index (κ1) is 25.0. The second-order valence-corrected chi connectivity index (χ2v) is 9.62. The molecule has 9 nitrogen and oxygen atoms in total. The lowest BCUT2D eigenvalue weighted by Crippen LogP contribution is -2.42. The van der Waals surface area contributed by atoms with Gasteiger partial charge in [0.25, 0.3) is 0 Å². The maximum absolute atomic E-state index is 12.5. The summed E-state index contributed by atoms with van der Waals surface area (Å²) in [7, 11) is 0. The molecule has 2 atom stereocenters. The molecule has 1 N–H and O–H groups in total. The Labute approximate surface area is 208 Å². The van der Waals surface area contributed by atoms with Crippen molar-refractivity contribution in [3.8, 4) is 5.75 Å². The Morgan fingerprint density at radius 1 is 1.11 bits per heavy atom. The summed E-state index contributed by atoms with van der Waals surface area (Å²) < 4.78 is 18.8. The van der Waals surface area contributed by atoms with Crippen LogP contribution in [0.25, 0.3) is 10.9 Å². The van der Waals surface area contributed by atoms with E-state index in [9.17, 15) is 19.2 Å². The first-order chi connectivity index (χ1) is 17.1. The number of carbonyl (C=O) groups excluding carboxylic acids is 4. The summed E-state index contributed by atoms with van der Waals surface area (Å²) >= 11 is 0. The highest BCUT2D eigenvalue weighted by atomic mass is 16.6. The molecule has 1 amide bonds. The molecule has 2 aromatic carbocycles. The third-order valence-corrected chi connectivity index (χ3v) is 5.73. The van der Waals surface area contributed by atoms with Crippen molar-refractivity contribution in [1.82, 2.24) is 9.88 Å². The van der Waals surface area contributed by atoms with Crippen molar-refractivity contribution in [2.24, 2.45) is 0 Å². The average Bonchev–Trinajstić information content (AvgIpc) is 3.30. The molecule has 9 heteroatoms. The zero-order valence-corrected chi connectivity index (χ0v) is 20.6. The summed E-state index contributed by atoms with van der Waals surface area (Å²) in [5.41, 5.74) is 1.80. The molecule has 188 valence electrons. The molecule has 2 heterocycles. The number of aromatic nitrogens is 1. The summed E-state index contributed by atoms with van der Waals surface area (Å²) in [6.45, 7) is 6.90. The Morgan fingerprint density at radius 3 is 2.44 bits per heavy atom. The van der Waals surface area contributed by atoms with E-state index in [1.54, 1.807) is 37.5 Å². The van der Waals surface area contributed by atoms with Gasteiger partial charge >= 0.3 is 12.1 Å². The van der Waals surface area contributed by atoms with Gasteiger partial charge < -0.3 is 24.1 Å². The maximum Gasteiger partial charge on any atom is 0.408 e. The highest BCUT2D eigenvalue weighted by Crippen LogP contribution is 2.42. The van der Waals surface area contributed by atoms with E-state index in [1.807, 2.05) is 30.3 Å². The molecule has 36 heavy (non-hydrogen) atoms. The Kier molecular flexibility index (Phi) is 6.83. The Bertz CT molecular complexity index is 1320. The van der Waals surface area contributed by atoms with Crippen LogP contribution >= 0.6 is 0 Å². The number of hydrogen-bond donors (Lipinski definition) is 1. The lowest BCUT2D eigenvalue weighted by molar-refractivity contribution is -0.147. The molecular formula is C27H28N2O7. The largest absolute Gasteiger partial charge is 0.488 e. The SMILES string of the molecule is CC(=O)O[C@@H]1c2c(C=O)c3c(OCc4ccccc4)cc(C=O)cc3n2C[C@@H]1NC(=O)OC(C)(C)C. The van der Waals surface area contributed by atoms with Crippen molar-refractivity contribution in [3.05, 3.63) is 64.8 Å². The minimum Gasteiger partial charge on any atom is -0.488 e. The molecule has 0 saturated carbocycles. The molecule has 3 aromatic rings. The van der Waals surface area contributed by atoms with Gasteiger partial charge in [-0.2, -0.15) is 0 Å². The number of hydrogen-bond acceptors (Lipinski definition) is 7. The van der Waals surface area contributed by atoms with E-state index in [4.69, 9.17) is 14.2 Å². The Balaban J connectivity index is 1.78. The first-order valence-corrected chi connectivity index (χ1v) is 11.5. The van der Waals surface area contributed by atoms with E-state index in [0.717, 1.165) is 5.56 Å². The predicted molar refractivity (Wildman–Crippen MR) is 131 cm³/mol. The third kappa shape index (κ3) is 5.10. The van der Waals surface area contributed by atoms with Gasteiger partial charge in [0.15, 0.2) is 12.4 Å². The summed E-state index contributed by atoms with van der Waals surface area (Å²) in [5, 5.41) is 3.26. The quantitative estimate of drug-likeness (QED) is 0.385. The smallest absolute Gasteiger partial charge is 0.408 e. The highest BCUT2D eigenvalue weighted by molar-refractivity contribution is 6.05. The second kappa shape index (κ2) is 9.85. The van der Waals surface area contributed by atoms with Crippen LogP contribution in [0, 0.1) is 0 Å². The average molecular weight is 493 g/mol. The number of aldehydes is 2. The monoisotopic (exact) mass is 492 g/mol. The molecule has 1 aliphatic rings. The molecule has 1 aromatic heterocycles. The van der Waals surface area contributed by atoms with E-state index in [1.165, 1.54) is 6.92 Å². The predicted octanol–water partition coefficient (Wildman–Crippen LogP) is 4.36. The Hall–Kier alpha value is -4.14. The summed E-state index contributed by atoms with van der Waals surface area (Å²) in [4.78, 5) is 48.6. The van der Waals surface area contributed by atoms with Crippen molar-refractivity contribution in [3.63, 3.8) is 0 Å². The van der Waals surface area contributed by atoms with Crippen molar-refractivity contribution < 1.29 is 33.4 Å². The summed E-state index contributed by atoms with van der Waals surface area (Å²) in [5.74, 6) is -0.207. The standard InChI is InChI=1S/C27H28N2O7/c1-16(32)35-25-20(28-26(33)36-27(2,3)4)12-29-21-10-18(13-30)11-22(23(21)19(14-31)24(25)29)34-15-17-8-6-5-7-9-17/h5-11,13-14,20,25H,12,15H2,1-4H3,(H,28,33)/t20-,25-/m0/s1. The number of amides is 1. The van der Waals surface area contributed by atoms with Crippen LogP contribution in [-0.4, -0.2) is 40.8 Å². The van der Waals surface area contributed by atoms with Gasteiger partial charge in [-0.05, 0) is 38.5 Å². The van der Waals surface area contributed by atoms with Crippen LogP contribution in [0.1, 0.15) is 65.8 Å². The third-order valence-electron chi connectivity index (χ3n) is 5.73. The maximum atomic E-state index is 12.5. The minimum atomic E-state index is -0.940. The number of ether oxygens (including phenoxy) is 3. The lowest BCUT2D eigenvalue weighted by atomic mass is 10.0. The van der Waals surface area contributed by atoms with Crippen molar-refractivity contribution in [2.45, 2.75) is 58.6 Å². The van der Waals surface area contributed by atoms with Crippen molar-refractivity contribution in [1.29, 1.82) is 0 Å². The zero-order valence-electron chi connectivity index (χ0n) is 20.6.